The minimum absolute atomic E-state index is 0.104. The Balaban J connectivity index is 3.43. The minimum atomic E-state index is -0.104. The van der Waals surface area contributed by atoms with Crippen LogP contribution in [0.4, 0.5) is 0 Å². The predicted molar refractivity (Wildman–Crippen MR) is 36.5 cm³/mol. The Bertz CT molecular complexity index is 91.1. The zero-order valence-corrected chi connectivity index (χ0v) is 6.46. The van der Waals surface area contributed by atoms with Crippen molar-refractivity contribution in [1.29, 1.82) is 0 Å². The van der Waals surface area contributed by atoms with E-state index in [0.29, 0.717) is 0 Å². The van der Waals surface area contributed by atoms with Gasteiger partial charge in [-0.2, -0.15) is 10.2 Å². The van der Waals surface area contributed by atoms with E-state index in [2.05, 4.69) is 10.2 Å². The molecule has 0 amide bonds. The molecule has 0 rings (SSSR count). The first-order valence-corrected chi connectivity index (χ1v) is 3.09. The molecule has 0 saturated heterocycles. The van der Waals surface area contributed by atoms with Crippen molar-refractivity contribution in [3.05, 3.63) is 0 Å². The maximum atomic E-state index is 4.84. The zero-order chi connectivity index (χ0) is 7.28. The molecule has 0 N–H and O–H groups in total. The molecule has 9 heavy (non-hydrogen) atoms. The SMILES string of the molecule is COC(C)/N=N\C(C)C. The second-order valence-corrected chi connectivity index (χ2v) is 2.16. The van der Waals surface area contributed by atoms with Crippen LogP contribution in [0.5, 0.6) is 0 Å². The summed E-state index contributed by atoms with van der Waals surface area (Å²) < 4.78 is 4.84. The van der Waals surface area contributed by atoms with E-state index >= 15 is 0 Å². The maximum absolute atomic E-state index is 4.84. The van der Waals surface area contributed by atoms with E-state index < -0.39 is 0 Å². The highest BCUT2D eigenvalue weighted by atomic mass is 16.5. The molecule has 1 unspecified atom stereocenters. The van der Waals surface area contributed by atoms with E-state index in [1.807, 2.05) is 20.8 Å². The molecule has 0 aliphatic heterocycles. The number of hydrogen-bond acceptors (Lipinski definition) is 3. The van der Waals surface area contributed by atoms with E-state index in [-0.39, 0.29) is 12.3 Å². The lowest BCUT2D eigenvalue weighted by Gasteiger charge is -2.00. The highest BCUT2D eigenvalue weighted by Crippen LogP contribution is 1.93. The quantitative estimate of drug-likeness (QED) is 0.537. The summed E-state index contributed by atoms with van der Waals surface area (Å²) in [5, 5.41) is 7.74. The molecule has 0 spiro atoms. The van der Waals surface area contributed by atoms with Crippen molar-refractivity contribution in [2.45, 2.75) is 33.0 Å². The fourth-order valence-electron chi connectivity index (χ4n) is 0.274. The third kappa shape index (κ3) is 5.43. The summed E-state index contributed by atoms with van der Waals surface area (Å²) in [6.45, 7) is 5.81. The van der Waals surface area contributed by atoms with Gasteiger partial charge in [0.25, 0.3) is 0 Å². The molecule has 0 aromatic heterocycles. The second kappa shape index (κ2) is 4.44. The summed E-state index contributed by atoms with van der Waals surface area (Å²) in [7, 11) is 1.62. The summed E-state index contributed by atoms with van der Waals surface area (Å²) in [5.74, 6) is 0. The smallest absolute Gasteiger partial charge is 0.165 e. The summed E-state index contributed by atoms with van der Waals surface area (Å²) in [4.78, 5) is 0. The van der Waals surface area contributed by atoms with Crippen LogP contribution in [0.1, 0.15) is 20.8 Å². The predicted octanol–water partition coefficient (Wildman–Crippen LogP) is 1.84. The van der Waals surface area contributed by atoms with Crippen LogP contribution in [0.2, 0.25) is 0 Å². The van der Waals surface area contributed by atoms with Gasteiger partial charge in [0.2, 0.25) is 0 Å². The fraction of sp³-hybridized carbons (Fsp3) is 1.00. The molecule has 1 atom stereocenters. The summed E-state index contributed by atoms with van der Waals surface area (Å²) in [6.07, 6.45) is -0.104. The van der Waals surface area contributed by atoms with Gasteiger partial charge in [-0.15, -0.1) is 0 Å². The van der Waals surface area contributed by atoms with Crippen LogP contribution in [0.15, 0.2) is 10.2 Å². The van der Waals surface area contributed by atoms with Crippen LogP contribution in [-0.2, 0) is 4.74 Å². The minimum Gasteiger partial charge on any atom is -0.358 e. The lowest BCUT2D eigenvalue weighted by molar-refractivity contribution is 0.118. The van der Waals surface area contributed by atoms with Crippen LogP contribution in [0.25, 0.3) is 0 Å². The van der Waals surface area contributed by atoms with Crippen molar-refractivity contribution in [3.8, 4) is 0 Å². The maximum Gasteiger partial charge on any atom is 0.165 e. The third-order valence-electron chi connectivity index (χ3n) is 0.801. The molecule has 0 aromatic carbocycles. The Morgan fingerprint density at radius 1 is 1.11 bits per heavy atom. The summed E-state index contributed by atoms with van der Waals surface area (Å²) >= 11 is 0. The van der Waals surface area contributed by atoms with Crippen molar-refractivity contribution in [3.63, 3.8) is 0 Å². The number of rotatable bonds is 3. The Kier molecular flexibility index (Phi) is 4.22. The van der Waals surface area contributed by atoms with Crippen molar-refractivity contribution < 1.29 is 4.74 Å². The molecule has 0 radical (unpaired) electrons. The number of ether oxygens (including phenoxy) is 1. The van der Waals surface area contributed by atoms with Crippen LogP contribution in [-0.4, -0.2) is 19.4 Å². The van der Waals surface area contributed by atoms with Gasteiger partial charge >= 0.3 is 0 Å². The Morgan fingerprint density at radius 3 is 2.00 bits per heavy atom. The van der Waals surface area contributed by atoms with Crippen molar-refractivity contribution in [2.24, 2.45) is 10.2 Å². The van der Waals surface area contributed by atoms with Crippen molar-refractivity contribution in [2.75, 3.05) is 7.11 Å². The van der Waals surface area contributed by atoms with Gasteiger partial charge in [-0.1, -0.05) is 0 Å². The summed E-state index contributed by atoms with van der Waals surface area (Å²) in [5.41, 5.74) is 0. The Morgan fingerprint density at radius 2 is 1.67 bits per heavy atom. The molecule has 0 aliphatic carbocycles. The number of hydrogen-bond donors (Lipinski definition) is 0. The molecule has 3 nitrogen and oxygen atoms in total. The molecular weight excluding hydrogens is 116 g/mol. The lowest BCUT2D eigenvalue weighted by atomic mass is 10.4. The van der Waals surface area contributed by atoms with Gasteiger partial charge in [-0.3, -0.25) is 0 Å². The first-order chi connectivity index (χ1) is 4.16. The highest BCUT2D eigenvalue weighted by molar-refractivity contribution is 4.46. The first-order valence-electron chi connectivity index (χ1n) is 3.09. The van der Waals surface area contributed by atoms with Gasteiger partial charge in [0, 0.05) is 7.11 Å². The van der Waals surface area contributed by atoms with Crippen molar-refractivity contribution >= 4 is 0 Å². The van der Waals surface area contributed by atoms with E-state index in [4.69, 9.17) is 4.74 Å². The van der Waals surface area contributed by atoms with Gasteiger partial charge in [-0.25, -0.2) is 0 Å². The molecule has 0 saturated carbocycles. The van der Waals surface area contributed by atoms with Gasteiger partial charge in [0.1, 0.15) is 0 Å². The van der Waals surface area contributed by atoms with E-state index in [9.17, 15) is 0 Å². The van der Waals surface area contributed by atoms with Crippen LogP contribution >= 0.6 is 0 Å². The monoisotopic (exact) mass is 130 g/mol. The van der Waals surface area contributed by atoms with Gasteiger partial charge in [-0.05, 0) is 20.8 Å². The normalized spacial score (nSPS) is 15.2. The van der Waals surface area contributed by atoms with Crippen molar-refractivity contribution in [1.82, 2.24) is 0 Å². The Labute approximate surface area is 56.1 Å². The molecular formula is C6H14N2O. The molecule has 0 heterocycles. The number of nitrogens with zero attached hydrogens (tertiary/aromatic N) is 2. The van der Waals surface area contributed by atoms with Crippen LogP contribution in [0, 0.1) is 0 Å². The van der Waals surface area contributed by atoms with E-state index in [0.717, 1.165) is 0 Å². The van der Waals surface area contributed by atoms with Gasteiger partial charge in [0.05, 0.1) is 6.04 Å². The molecule has 0 fully saturated rings. The standard InChI is InChI=1S/C6H14N2O/c1-5(2)7-8-6(3)9-4/h5-6H,1-4H3/b8-7-. The average molecular weight is 130 g/mol. The Hall–Kier alpha value is -0.440. The van der Waals surface area contributed by atoms with Gasteiger partial charge in [0.15, 0.2) is 6.23 Å². The van der Waals surface area contributed by atoms with E-state index in [1.54, 1.807) is 7.11 Å². The molecule has 0 aromatic rings. The lowest BCUT2D eigenvalue weighted by Crippen LogP contribution is -1.99. The number of azo groups is 1. The molecule has 0 aliphatic rings. The topological polar surface area (TPSA) is 34.0 Å². The fourth-order valence-corrected chi connectivity index (χ4v) is 0.274. The molecule has 3 heteroatoms. The average Bonchev–Trinajstić information content (AvgIpc) is 1.83. The third-order valence-corrected chi connectivity index (χ3v) is 0.801. The highest BCUT2D eigenvalue weighted by Gasteiger charge is 1.92. The molecule has 0 bridgehead atoms. The first kappa shape index (κ1) is 8.56. The van der Waals surface area contributed by atoms with Crippen LogP contribution < -0.4 is 0 Å². The zero-order valence-electron chi connectivity index (χ0n) is 6.46. The largest absolute Gasteiger partial charge is 0.358 e. The molecule has 54 valence electrons. The number of methoxy groups -OCH3 is 1. The second-order valence-electron chi connectivity index (χ2n) is 2.16. The van der Waals surface area contributed by atoms with E-state index in [1.165, 1.54) is 0 Å². The summed E-state index contributed by atoms with van der Waals surface area (Å²) in [6, 6.07) is 0.266. The van der Waals surface area contributed by atoms with Crippen LogP contribution in [0.3, 0.4) is 0 Å². The van der Waals surface area contributed by atoms with Gasteiger partial charge < -0.3 is 4.74 Å².